The topological polar surface area (TPSA) is 95.4 Å². The largest absolute Gasteiger partial charge is 0.493 e. The fraction of sp³-hybridized carbons (Fsp3) is 0.471. The van der Waals surface area contributed by atoms with Gasteiger partial charge in [0.2, 0.25) is 5.88 Å². The van der Waals surface area contributed by atoms with Gasteiger partial charge in [0, 0.05) is 42.9 Å². The third kappa shape index (κ3) is 5.66. The monoisotopic (exact) mass is 621 g/mol. The van der Waals surface area contributed by atoms with E-state index in [-0.39, 0.29) is 53.5 Å². The van der Waals surface area contributed by atoms with Crippen LogP contribution in [0.1, 0.15) is 49.7 Å². The van der Waals surface area contributed by atoms with Gasteiger partial charge in [0.25, 0.3) is 0 Å². The van der Waals surface area contributed by atoms with Crippen molar-refractivity contribution in [3.05, 3.63) is 57.5 Å². The number of methoxy groups -OCH3 is 2. The van der Waals surface area contributed by atoms with Gasteiger partial charge < -0.3 is 33.7 Å². The van der Waals surface area contributed by atoms with E-state index in [9.17, 15) is 5.11 Å². The molecule has 1 saturated carbocycles. The standard InChI is InChI=1S/C34H37F2N3O6/c1-5-22-26(35)12-9-21-16-34(44-19-41-3,45-20-42-4)17-25(28(21)22)23-10-11-24-30(29(23)36)37-32(38-31(24)40)43-18-33-13-6-8-27(33)39(2)15-7-14-33/h1,9-12,16,27H,6-8,13-15,17-20H2,2-4H3,(H,37,38,40)/t27?,33-/m1/s1. The van der Waals surface area contributed by atoms with E-state index in [1.54, 1.807) is 6.08 Å². The zero-order valence-electron chi connectivity index (χ0n) is 25.7. The molecular formula is C34H37F2N3O6. The number of rotatable bonds is 10. The molecule has 0 spiro atoms. The average molecular weight is 622 g/mol. The van der Waals surface area contributed by atoms with E-state index in [0.717, 1.165) is 38.6 Å². The first kappa shape index (κ1) is 31.3. The van der Waals surface area contributed by atoms with E-state index in [2.05, 4.69) is 27.8 Å². The minimum absolute atomic E-state index is 0.0253. The summed E-state index contributed by atoms with van der Waals surface area (Å²) in [4.78, 5) is 11.0. The van der Waals surface area contributed by atoms with E-state index in [1.807, 2.05) is 0 Å². The molecule has 0 amide bonds. The number of fused-ring (bicyclic) bond motifs is 3. The highest BCUT2D eigenvalue weighted by Crippen LogP contribution is 2.47. The van der Waals surface area contributed by atoms with Gasteiger partial charge in [0.15, 0.2) is 11.6 Å². The number of aromatic hydroxyl groups is 1. The molecule has 3 aromatic rings. The van der Waals surface area contributed by atoms with Gasteiger partial charge in [-0.3, -0.25) is 0 Å². The second-order valence-corrected chi connectivity index (χ2v) is 12.0. The van der Waals surface area contributed by atoms with Crippen molar-refractivity contribution in [2.75, 3.05) is 48.0 Å². The van der Waals surface area contributed by atoms with Gasteiger partial charge in [-0.15, -0.1) is 6.42 Å². The van der Waals surface area contributed by atoms with Crippen molar-refractivity contribution in [1.29, 1.82) is 0 Å². The van der Waals surface area contributed by atoms with Crippen molar-refractivity contribution in [1.82, 2.24) is 14.9 Å². The molecule has 1 unspecified atom stereocenters. The second kappa shape index (κ2) is 12.6. The summed E-state index contributed by atoms with van der Waals surface area (Å²) in [5, 5.41) is 11.8. The number of aromatic nitrogens is 2. The number of hydrogen-bond acceptors (Lipinski definition) is 9. The van der Waals surface area contributed by atoms with Crippen molar-refractivity contribution in [2.24, 2.45) is 5.41 Å². The Kier molecular flexibility index (Phi) is 8.78. The van der Waals surface area contributed by atoms with Gasteiger partial charge >= 0.3 is 6.01 Å². The molecule has 0 radical (unpaired) electrons. The summed E-state index contributed by atoms with van der Waals surface area (Å²) in [5.74, 6) is -0.815. The Morgan fingerprint density at radius 2 is 1.82 bits per heavy atom. The summed E-state index contributed by atoms with van der Waals surface area (Å²) in [6.07, 6.45) is 12.7. The highest BCUT2D eigenvalue weighted by molar-refractivity contribution is 5.88. The molecule has 2 atom stereocenters. The Morgan fingerprint density at radius 3 is 2.56 bits per heavy atom. The third-order valence-electron chi connectivity index (χ3n) is 9.43. The fourth-order valence-corrected chi connectivity index (χ4v) is 7.39. The molecule has 9 nitrogen and oxygen atoms in total. The minimum atomic E-state index is -1.45. The highest BCUT2D eigenvalue weighted by atomic mass is 19.1. The van der Waals surface area contributed by atoms with Gasteiger partial charge in [-0.05, 0) is 68.3 Å². The average Bonchev–Trinajstić information content (AvgIpc) is 3.48. The molecule has 238 valence electrons. The van der Waals surface area contributed by atoms with Crippen molar-refractivity contribution in [3.63, 3.8) is 0 Å². The van der Waals surface area contributed by atoms with Crippen LogP contribution in [0.3, 0.4) is 0 Å². The second-order valence-electron chi connectivity index (χ2n) is 12.0. The van der Waals surface area contributed by atoms with Gasteiger partial charge in [-0.25, -0.2) is 8.78 Å². The molecule has 1 aliphatic heterocycles. The van der Waals surface area contributed by atoms with Crippen molar-refractivity contribution in [2.45, 2.75) is 50.4 Å². The lowest BCUT2D eigenvalue weighted by Gasteiger charge is -2.44. The molecule has 1 N–H and O–H groups in total. The number of ether oxygens (including phenoxy) is 5. The molecule has 2 aromatic carbocycles. The third-order valence-corrected chi connectivity index (χ3v) is 9.43. The van der Waals surface area contributed by atoms with Gasteiger partial charge in [-0.2, -0.15) is 9.97 Å². The van der Waals surface area contributed by atoms with Crippen LogP contribution in [-0.4, -0.2) is 79.8 Å². The van der Waals surface area contributed by atoms with Crippen LogP contribution >= 0.6 is 0 Å². The minimum Gasteiger partial charge on any atom is -0.493 e. The molecule has 1 saturated heterocycles. The Balaban J connectivity index is 1.46. The number of halogens is 2. The first-order valence-corrected chi connectivity index (χ1v) is 15.0. The van der Waals surface area contributed by atoms with E-state index < -0.39 is 23.3 Å². The van der Waals surface area contributed by atoms with Crippen molar-refractivity contribution < 1.29 is 37.6 Å². The first-order chi connectivity index (χ1) is 21.7. The van der Waals surface area contributed by atoms with Gasteiger partial charge in [0.05, 0.1) is 17.6 Å². The van der Waals surface area contributed by atoms with Gasteiger partial charge in [0.1, 0.15) is 24.9 Å². The molecule has 45 heavy (non-hydrogen) atoms. The predicted molar refractivity (Wildman–Crippen MR) is 162 cm³/mol. The molecule has 11 heteroatoms. The Labute approximate surface area is 260 Å². The SMILES string of the molecule is C#Cc1c(F)ccc2c1=C(c1ccc3c(O)nc(OC[C@]45CCCC4N(C)CCC5)nc3c1F)CC(OCOC)(OCOC)C=2. The lowest BCUT2D eigenvalue weighted by atomic mass is 9.76. The van der Waals surface area contributed by atoms with Crippen LogP contribution < -0.4 is 15.2 Å². The summed E-state index contributed by atoms with van der Waals surface area (Å²) >= 11 is 0. The summed E-state index contributed by atoms with van der Waals surface area (Å²) in [6.45, 7) is 1.13. The number of benzene rings is 2. The number of hydrogen-bond donors (Lipinski definition) is 1. The summed E-state index contributed by atoms with van der Waals surface area (Å²) < 4.78 is 60.1. The summed E-state index contributed by atoms with van der Waals surface area (Å²) in [5.41, 5.74) is 0.202. The number of nitrogens with zero attached hydrogens (tertiary/aromatic N) is 3. The lowest BCUT2D eigenvalue weighted by Crippen LogP contribution is -2.50. The Morgan fingerprint density at radius 1 is 1.07 bits per heavy atom. The number of terminal acetylenes is 1. The van der Waals surface area contributed by atoms with Crippen LogP contribution in [0, 0.1) is 29.4 Å². The number of piperidine rings is 1. The van der Waals surface area contributed by atoms with Crippen molar-refractivity contribution >= 4 is 22.6 Å². The molecule has 6 rings (SSSR count). The van der Waals surface area contributed by atoms with Crippen LogP contribution in [0.4, 0.5) is 8.78 Å². The summed E-state index contributed by atoms with van der Waals surface area (Å²) in [7, 11) is 5.07. The zero-order valence-corrected chi connectivity index (χ0v) is 25.7. The van der Waals surface area contributed by atoms with E-state index in [0.29, 0.717) is 28.7 Å². The summed E-state index contributed by atoms with van der Waals surface area (Å²) in [6, 6.07) is 6.06. The maximum Gasteiger partial charge on any atom is 0.320 e. The smallest absolute Gasteiger partial charge is 0.320 e. The van der Waals surface area contributed by atoms with Gasteiger partial charge in [-0.1, -0.05) is 24.5 Å². The molecule has 0 bridgehead atoms. The maximum absolute atomic E-state index is 16.7. The highest BCUT2D eigenvalue weighted by Gasteiger charge is 2.47. The van der Waals surface area contributed by atoms with Crippen LogP contribution in [-0.2, 0) is 18.9 Å². The van der Waals surface area contributed by atoms with Crippen LogP contribution in [0.5, 0.6) is 11.9 Å². The number of likely N-dealkylation sites (tertiary alicyclic amines) is 1. The molecule has 1 aromatic heterocycles. The molecule has 2 fully saturated rings. The van der Waals surface area contributed by atoms with Crippen LogP contribution in [0.25, 0.3) is 22.6 Å². The molecule has 2 heterocycles. The molecular weight excluding hydrogens is 584 g/mol. The lowest BCUT2D eigenvalue weighted by molar-refractivity contribution is -0.256. The van der Waals surface area contributed by atoms with E-state index in [4.69, 9.17) is 30.1 Å². The predicted octanol–water partition coefficient (Wildman–Crippen LogP) is 3.56. The van der Waals surface area contributed by atoms with Crippen molar-refractivity contribution in [3.8, 4) is 24.2 Å². The van der Waals surface area contributed by atoms with E-state index in [1.165, 1.54) is 38.5 Å². The first-order valence-electron chi connectivity index (χ1n) is 15.0. The Bertz CT molecular complexity index is 1770. The molecule has 2 aliphatic carbocycles. The zero-order chi connectivity index (χ0) is 31.8. The maximum atomic E-state index is 16.7. The van der Waals surface area contributed by atoms with E-state index >= 15 is 8.78 Å². The Hall–Kier alpha value is -3.66. The van der Waals surface area contributed by atoms with Crippen LogP contribution in [0.2, 0.25) is 0 Å². The normalized spacial score (nSPS) is 22.5. The fourth-order valence-electron chi connectivity index (χ4n) is 7.39. The van der Waals surface area contributed by atoms with Crippen LogP contribution in [0.15, 0.2) is 24.3 Å². The molecule has 3 aliphatic rings. The quantitative estimate of drug-likeness (QED) is 0.269.